The number of carbonyl (C=O) groups is 1. The van der Waals surface area contributed by atoms with Gasteiger partial charge in [-0.3, -0.25) is 10.1 Å². The van der Waals surface area contributed by atoms with Crippen LogP contribution >= 0.6 is 0 Å². The third kappa shape index (κ3) is 4.44. The Bertz CT molecular complexity index is 714. The summed E-state index contributed by atoms with van der Waals surface area (Å²) >= 11 is 0. The topological polar surface area (TPSA) is 93.5 Å². The zero-order valence-electron chi connectivity index (χ0n) is 12.8. The molecule has 0 aliphatic heterocycles. The van der Waals surface area contributed by atoms with Gasteiger partial charge in [-0.1, -0.05) is 29.8 Å². The number of hydrogen-bond acceptors (Lipinski definition) is 4. The molecule has 0 heterocycles. The Morgan fingerprint density at radius 1 is 1.22 bits per heavy atom. The second-order valence-electron chi connectivity index (χ2n) is 4.93. The third-order valence-corrected chi connectivity index (χ3v) is 3.22. The quantitative estimate of drug-likeness (QED) is 0.654. The van der Waals surface area contributed by atoms with Gasteiger partial charge in [0.05, 0.1) is 17.7 Å². The van der Waals surface area contributed by atoms with Gasteiger partial charge in [0, 0.05) is 18.7 Å². The van der Waals surface area contributed by atoms with E-state index in [4.69, 9.17) is 4.74 Å². The molecule has 2 amide bonds. The minimum Gasteiger partial charge on any atom is -0.495 e. The number of amides is 2. The van der Waals surface area contributed by atoms with E-state index >= 15 is 0 Å². The lowest BCUT2D eigenvalue weighted by molar-refractivity contribution is -0.384. The molecule has 0 saturated carbocycles. The molecule has 0 aromatic heterocycles. The van der Waals surface area contributed by atoms with Crippen molar-refractivity contribution in [3.8, 4) is 5.75 Å². The summed E-state index contributed by atoms with van der Waals surface area (Å²) in [5.41, 5.74) is 2.21. The van der Waals surface area contributed by atoms with E-state index in [0.29, 0.717) is 12.3 Å². The molecule has 23 heavy (non-hydrogen) atoms. The molecule has 2 aromatic rings. The number of nitrogens with one attached hydrogen (secondary N) is 2. The van der Waals surface area contributed by atoms with Crippen LogP contribution in [-0.4, -0.2) is 18.1 Å². The number of methoxy groups -OCH3 is 1. The van der Waals surface area contributed by atoms with E-state index < -0.39 is 11.0 Å². The van der Waals surface area contributed by atoms with Crippen molar-refractivity contribution in [2.24, 2.45) is 0 Å². The van der Waals surface area contributed by atoms with Crippen LogP contribution in [0.5, 0.6) is 5.75 Å². The summed E-state index contributed by atoms with van der Waals surface area (Å²) in [5.74, 6) is 0.348. The predicted molar refractivity (Wildman–Crippen MR) is 86.7 cm³/mol. The van der Waals surface area contributed by atoms with Crippen molar-refractivity contribution in [3.05, 3.63) is 63.7 Å². The van der Waals surface area contributed by atoms with Crippen molar-refractivity contribution in [3.63, 3.8) is 0 Å². The van der Waals surface area contributed by atoms with Gasteiger partial charge in [0.25, 0.3) is 5.69 Å². The van der Waals surface area contributed by atoms with E-state index in [-0.39, 0.29) is 11.4 Å². The second kappa shape index (κ2) is 7.26. The summed E-state index contributed by atoms with van der Waals surface area (Å²) < 4.78 is 5.09. The SMILES string of the molecule is COc1ccc([N+](=O)[O-])cc1NC(=O)NCc1ccc(C)cc1. The van der Waals surface area contributed by atoms with Gasteiger partial charge in [0.1, 0.15) is 5.75 Å². The molecule has 0 saturated heterocycles. The fraction of sp³-hybridized carbons (Fsp3) is 0.188. The first-order chi connectivity index (χ1) is 11.0. The van der Waals surface area contributed by atoms with Crippen molar-refractivity contribution in [2.45, 2.75) is 13.5 Å². The number of rotatable bonds is 5. The molecule has 0 unspecified atom stereocenters. The average molecular weight is 315 g/mol. The summed E-state index contributed by atoms with van der Waals surface area (Å²) in [5, 5.41) is 16.1. The van der Waals surface area contributed by atoms with Crippen molar-refractivity contribution in [2.75, 3.05) is 12.4 Å². The van der Waals surface area contributed by atoms with Gasteiger partial charge in [-0.25, -0.2) is 4.79 Å². The Hall–Kier alpha value is -3.09. The van der Waals surface area contributed by atoms with Gasteiger partial charge in [-0.05, 0) is 18.6 Å². The Balaban J connectivity index is 2.02. The van der Waals surface area contributed by atoms with E-state index in [9.17, 15) is 14.9 Å². The molecule has 0 aliphatic carbocycles. The number of carbonyl (C=O) groups excluding carboxylic acids is 1. The lowest BCUT2D eigenvalue weighted by Crippen LogP contribution is -2.28. The number of benzene rings is 2. The highest BCUT2D eigenvalue weighted by Gasteiger charge is 2.13. The first kappa shape index (κ1) is 16.3. The number of nitro groups is 1. The number of aryl methyl sites for hydroxylation is 1. The maximum Gasteiger partial charge on any atom is 0.319 e. The van der Waals surface area contributed by atoms with Crippen LogP contribution < -0.4 is 15.4 Å². The molecule has 0 atom stereocenters. The van der Waals surface area contributed by atoms with Crippen LogP contribution in [0.2, 0.25) is 0 Å². The molecule has 7 heteroatoms. The summed E-state index contributed by atoms with van der Waals surface area (Å²) in [6.07, 6.45) is 0. The first-order valence-electron chi connectivity index (χ1n) is 6.92. The van der Waals surface area contributed by atoms with E-state index in [1.165, 1.54) is 25.3 Å². The van der Waals surface area contributed by atoms with Gasteiger partial charge in [-0.2, -0.15) is 0 Å². The van der Waals surface area contributed by atoms with Crippen LogP contribution in [0.15, 0.2) is 42.5 Å². The molecule has 0 radical (unpaired) electrons. The van der Waals surface area contributed by atoms with Crippen LogP contribution in [0.3, 0.4) is 0 Å². The Labute approximate surface area is 133 Å². The van der Waals surface area contributed by atoms with E-state index in [1.807, 2.05) is 31.2 Å². The fourth-order valence-corrected chi connectivity index (χ4v) is 1.96. The van der Waals surface area contributed by atoms with Crippen LogP contribution in [0.25, 0.3) is 0 Å². The van der Waals surface area contributed by atoms with Crippen LogP contribution in [0, 0.1) is 17.0 Å². The highest BCUT2D eigenvalue weighted by atomic mass is 16.6. The molecular formula is C16H17N3O4. The number of hydrogen-bond donors (Lipinski definition) is 2. The second-order valence-corrected chi connectivity index (χ2v) is 4.93. The largest absolute Gasteiger partial charge is 0.495 e. The minimum absolute atomic E-state index is 0.125. The Morgan fingerprint density at radius 2 is 1.91 bits per heavy atom. The van der Waals surface area contributed by atoms with Crippen molar-refractivity contribution in [1.29, 1.82) is 0 Å². The number of nitro benzene ring substituents is 1. The normalized spacial score (nSPS) is 10.0. The Morgan fingerprint density at radius 3 is 2.52 bits per heavy atom. The zero-order valence-corrected chi connectivity index (χ0v) is 12.8. The number of non-ortho nitro benzene ring substituents is 1. The number of urea groups is 1. The summed E-state index contributed by atoms with van der Waals surface area (Å²) in [6, 6.07) is 11.3. The fourth-order valence-electron chi connectivity index (χ4n) is 1.96. The van der Waals surface area contributed by atoms with Crippen LogP contribution in [0.1, 0.15) is 11.1 Å². The summed E-state index contributed by atoms with van der Waals surface area (Å²) in [4.78, 5) is 22.2. The maximum absolute atomic E-state index is 12.0. The molecule has 2 rings (SSSR count). The first-order valence-corrected chi connectivity index (χ1v) is 6.92. The summed E-state index contributed by atoms with van der Waals surface area (Å²) in [7, 11) is 1.43. The number of ether oxygens (including phenoxy) is 1. The molecule has 0 aliphatic rings. The number of anilines is 1. The van der Waals surface area contributed by atoms with Crippen molar-refractivity contribution in [1.82, 2.24) is 5.32 Å². The number of nitrogens with zero attached hydrogens (tertiary/aromatic N) is 1. The zero-order chi connectivity index (χ0) is 16.8. The third-order valence-electron chi connectivity index (χ3n) is 3.22. The molecule has 2 N–H and O–H groups in total. The predicted octanol–water partition coefficient (Wildman–Crippen LogP) is 3.23. The maximum atomic E-state index is 12.0. The summed E-state index contributed by atoms with van der Waals surface area (Å²) in [6.45, 7) is 2.34. The van der Waals surface area contributed by atoms with Gasteiger partial charge in [-0.15, -0.1) is 0 Å². The van der Waals surface area contributed by atoms with E-state index in [1.54, 1.807) is 0 Å². The Kier molecular flexibility index (Phi) is 5.14. The molecular weight excluding hydrogens is 298 g/mol. The van der Waals surface area contributed by atoms with Crippen LogP contribution in [-0.2, 0) is 6.54 Å². The minimum atomic E-state index is -0.533. The lowest BCUT2D eigenvalue weighted by atomic mass is 10.1. The van der Waals surface area contributed by atoms with E-state index in [0.717, 1.165) is 11.1 Å². The van der Waals surface area contributed by atoms with E-state index in [2.05, 4.69) is 10.6 Å². The monoisotopic (exact) mass is 315 g/mol. The molecule has 7 nitrogen and oxygen atoms in total. The van der Waals surface area contributed by atoms with Crippen LogP contribution in [0.4, 0.5) is 16.2 Å². The van der Waals surface area contributed by atoms with Gasteiger partial charge in [0.2, 0.25) is 0 Å². The van der Waals surface area contributed by atoms with Crippen molar-refractivity contribution < 1.29 is 14.5 Å². The average Bonchev–Trinajstić information content (AvgIpc) is 2.54. The van der Waals surface area contributed by atoms with Crippen molar-refractivity contribution >= 4 is 17.4 Å². The molecule has 120 valence electrons. The highest BCUT2D eigenvalue weighted by molar-refractivity contribution is 5.91. The smallest absolute Gasteiger partial charge is 0.319 e. The molecule has 0 fully saturated rings. The van der Waals surface area contributed by atoms with Gasteiger partial charge < -0.3 is 15.4 Å². The molecule has 0 bridgehead atoms. The van der Waals surface area contributed by atoms with Gasteiger partial charge in [0.15, 0.2) is 0 Å². The lowest BCUT2D eigenvalue weighted by Gasteiger charge is -2.11. The van der Waals surface area contributed by atoms with Gasteiger partial charge >= 0.3 is 6.03 Å². The molecule has 0 spiro atoms. The highest BCUT2D eigenvalue weighted by Crippen LogP contribution is 2.28. The molecule has 2 aromatic carbocycles. The standard InChI is InChI=1S/C16H17N3O4/c1-11-3-5-12(6-4-11)10-17-16(20)18-14-9-13(19(21)22)7-8-15(14)23-2/h3-9H,10H2,1-2H3,(H2,17,18,20).